The SMILES string of the molecule is CNS(=O)(=O)c1ccc(CCC(=O)N2CC(C(=O)O)c3ccccc32)cc1. The van der Waals surface area contributed by atoms with E-state index in [4.69, 9.17) is 0 Å². The second-order valence-electron chi connectivity index (χ2n) is 6.31. The van der Waals surface area contributed by atoms with Crippen LogP contribution in [0.4, 0.5) is 5.69 Å². The highest BCUT2D eigenvalue weighted by Crippen LogP contribution is 2.36. The first kappa shape index (κ1) is 19.1. The smallest absolute Gasteiger partial charge is 0.312 e. The number of nitrogens with zero attached hydrogens (tertiary/aromatic N) is 1. The molecule has 0 aliphatic carbocycles. The van der Waals surface area contributed by atoms with Crippen molar-refractivity contribution in [2.75, 3.05) is 18.5 Å². The lowest BCUT2D eigenvalue weighted by molar-refractivity contribution is -0.138. The number of carboxylic acids is 1. The molecule has 2 aromatic carbocycles. The van der Waals surface area contributed by atoms with Crippen LogP contribution in [0, 0.1) is 0 Å². The van der Waals surface area contributed by atoms with E-state index in [0.29, 0.717) is 17.7 Å². The number of rotatable bonds is 6. The minimum absolute atomic E-state index is 0.132. The highest BCUT2D eigenvalue weighted by molar-refractivity contribution is 7.89. The third-order valence-corrected chi connectivity index (χ3v) is 6.13. The largest absolute Gasteiger partial charge is 0.481 e. The molecule has 142 valence electrons. The Morgan fingerprint density at radius 3 is 2.44 bits per heavy atom. The van der Waals surface area contributed by atoms with Gasteiger partial charge in [-0.3, -0.25) is 9.59 Å². The quantitative estimate of drug-likeness (QED) is 0.785. The Kier molecular flexibility index (Phi) is 5.29. The number of carboxylic acid groups (broad SMARTS) is 1. The number of hydrogen-bond donors (Lipinski definition) is 2. The summed E-state index contributed by atoms with van der Waals surface area (Å²) in [6, 6.07) is 13.4. The number of carbonyl (C=O) groups is 2. The van der Waals surface area contributed by atoms with E-state index in [1.807, 2.05) is 0 Å². The molecule has 27 heavy (non-hydrogen) atoms. The number of fused-ring (bicyclic) bond motifs is 1. The number of anilines is 1. The van der Waals surface area contributed by atoms with Gasteiger partial charge in [-0.2, -0.15) is 0 Å². The second kappa shape index (κ2) is 7.50. The topological polar surface area (TPSA) is 104 Å². The number of para-hydroxylation sites is 1. The molecule has 1 atom stereocenters. The fourth-order valence-electron chi connectivity index (χ4n) is 3.19. The number of amides is 1. The second-order valence-corrected chi connectivity index (χ2v) is 8.19. The number of nitrogens with one attached hydrogen (secondary N) is 1. The molecule has 0 fully saturated rings. The maximum Gasteiger partial charge on any atom is 0.312 e. The summed E-state index contributed by atoms with van der Waals surface area (Å²) in [5.74, 6) is -1.81. The van der Waals surface area contributed by atoms with Crippen LogP contribution in [0.2, 0.25) is 0 Å². The maximum atomic E-state index is 12.6. The van der Waals surface area contributed by atoms with Crippen molar-refractivity contribution in [3.8, 4) is 0 Å². The van der Waals surface area contributed by atoms with Crippen molar-refractivity contribution < 1.29 is 23.1 Å². The van der Waals surface area contributed by atoms with Gasteiger partial charge in [-0.25, -0.2) is 13.1 Å². The number of benzene rings is 2. The Morgan fingerprint density at radius 2 is 1.81 bits per heavy atom. The molecule has 1 aliphatic rings. The third kappa shape index (κ3) is 3.86. The summed E-state index contributed by atoms with van der Waals surface area (Å²) in [6.07, 6.45) is 0.647. The zero-order valence-corrected chi connectivity index (χ0v) is 15.6. The van der Waals surface area contributed by atoms with Gasteiger partial charge in [0, 0.05) is 18.7 Å². The van der Waals surface area contributed by atoms with Crippen molar-refractivity contribution in [3.05, 3.63) is 59.7 Å². The standard InChI is InChI=1S/C19H20N2O5S/c1-20-27(25,26)14-9-6-13(7-10-14)8-11-18(22)21-12-16(19(23)24)15-4-2-3-5-17(15)21/h2-7,9-10,16,20H,8,11-12H2,1H3,(H,23,24). The third-order valence-electron chi connectivity index (χ3n) is 4.70. The Hall–Kier alpha value is -2.71. The van der Waals surface area contributed by atoms with Crippen LogP contribution in [0.3, 0.4) is 0 Å². The molecule has 7 nitrogen and oxygen atoms in total. The summed E-state index contributed by atoms with van der Waals surface area (Å²) in [5, 5.41) is 9.39. The van der Waals surface area contributed by atoms with Crippen LogP contribution < -0.4 is 9.62 Å². The number of sulfonamides is 1. The lowest BCUT2D eigenvalue weighted by Gasteiger charge is -2.17. The van der Waals surface area contributed by atoms with Crippen molar-refractivity contribution >= 4 is 27.6 Å². The van der Waals surface area contributed by atoms with E-state index in [9.17, 15) is 23.1 Å². The molecule has 1 aliphatic heterocycles. The van der Waals surface area contributed by atoms with Crippen molar-refractivity contribution in [2.24, 2.45) is 0 Å². The number of aryl methyl sites for hydroxylation is 1. The van der Waals surface area contributed by atoms with Crippen LogP contribution in [0.15, 0.2) is 53.4 Å². The average molecular weight is 388 g/mol. The van der Waals surface area contributed by atoms with Gasteiger partial charge in [0.1, 0.15) is 5.92 Å². The Balaban J connectivity index is 1.69. The predicted octanol–water partition coefficient (Wildman–Crippen LogP) is 1.74. The van der Waals surface area contributed by atoms with Crippen LogP contribution in [-0.4, -0.2) is 39.0 Å². The maximum absolute atomic E-state index is 12.6. The van der Waals surface area contributed by atoms with Crippen LogP contribution in [0.1, 0.15) is 23.5 Å². The Morgan fingerprint density at radius 1 is 1.15 bits per heavy atom. The minimum Gasteiger partial charge on any atom is -0.481 e. The molecule has 0 aromatic heterocycles. The van der Waals surface area contributed by atoms with E-state index in [1.165, 1.54) is 24.1 Å². The summed E-state index contributed by atoms with van der Waals surface area (Å²) >= 11 is 0. The Labute approximate surface area is 157 Å². The molecular formula is C19H20N2O5S. The minimum atomic E-state index is -3.49. The van der Waals surface area contributed by atoms with E-state index in [-0.39, 0.29) is 23.8 Å². The molecule has 0 bridgehead atoms. The van der Waals surface area contributed by atoms with E-state index >= 15 is 0 Å². The van der Waals surface area contributed by atoms with Gasteiger partial charge in [-0.1, -0.05) is 30.3 Å². The van der Waals surface area contributed by atoms with Crippen LogP contribution in [0.5, 0.6) is 0 Å². The van der Waals surface area contributed by atoms with E-state index < -0.39 is 21.9 Å². The highest BCUT2D eigenvalue weighted by Gasteiger charge is 2.35. The molecule has 8 heteroatoms. The summed E-state index contributed by atoms with van der Waals surface area (Å²) in [5.41, 5.74) is 2.13. The first-order valence-corrected chi connectivity index (χ1v) is 9.96. The van der Waals surface area contributed by atoms with Gasteiger partial charge in [0.2, 0.25) is 15.9 Å². The zero-order valence-electron chi connectivity index (χ0n) is 14.8. The molecule has 2 N–H and O–H groups in total. The summed E-state index contributed by atoms with van der Waals surface area (Å²) in [7, 11) is -2.14. The molecule has 0 spiro atoms. The average Bonchev–Trinajstić information content (AvgIpc) is 3.06. The van der Waals surface area contributed by atoms with Gasteiger partial charge in [0.05, 0.1) is 4.90 Å². The number of hydrogen-bond acceptors (Lipinski definition) is 4. The van der Waals surface area contributed by atoms with Crippen molar-refractivity contribution in [3.63, 3.8) is 0 Å². The highest BCUT2D eigenvalue weighted by atomic mass is 32.2. The molecule has 1 unspecified atom stereocenters. The van der Waals surface area contributed by atoms with Gasteiger partial charge in [0.25, 0.3) is 0 Å². The molecule has 3 rings (SSSR count). The van der Waals surface area contributed by atoms with Crippen LogP contribution in [0.25, 0.3) is 0 Å². The predicted molar refractivity (Wildman–Crippen MR) is 100 cm³/mol. The number of aliphatic carboxylic acids is 1. The van der Waals surface area contributed by atoms with Gasteiger partial charge < -0.3 is 10.0 Å². The molecule has 1 heterocycles. The fraction of sp³-hybridized carbons (Fsp3) is 0.263. The first-order chi connectivity index (χ1) is 12.8. The zero-order chi connectivity index (χ0) is 19.6. The van der Waals surface area contributed by atoms with Crippen molar-refractivity contribution in [1.82, 2.24) is 4.72 Å². The molecule has 0 radical (unpaired) electrons. The van der Waals surface area contributed by atoms with E-state index in [2.05, 4.69) is 4.72 Å². The monoisotopic (exact) mass is 388 g/mol. The Bertz CT molecular complexity index is 970. The molecule has 0 saturated carbocycles. The molecule has 0 saturated heterocycles. The number of carbonyl (C=O) groups excluding carboxylic acids is 1. The van der Waals surface area contributed by atoms with Gasteiger partial charge in [-0.15, -0.1) is 0 Å². The molecular weight excluding hydrogens is 368 g/mol. The molecule has 1 amide bonds. The fourth-order valence-corrected chi connectivity index (χ4v) is 3.92. The van der Waals surface area contributed by atoms with Gasteiger partial charge in [0.15, 0.2) is 0 Å². The van der Waals surface area contributed by atoms with Crippen molar-refractivity contribution in [2.45, 2.75) is 23.7 Å². The first-order valence-electron chi connectivity index (χ1n) is 8.48. The van der Waals surface area contributed by atoms with E-state index in [0.717, 1.165) is 5.56 Å². The van der Waals surface area contributed by atoms with Crippen LogP contribution >= 0.6 is 0 Å². The summed E-state index contributed by atoms with van der Waals surface area (Å²) < 4.78 is 25.7. The summed E-state index contributed by atoms with van der Waals surface area (Å²) in [4.78, 5) is 25.8. The molecule has 2 aromatic rings. The normalized spacial score (nSPS) is 16.2. The van der Waals surface area contributed by atoms with Gasteiger partial charge >= 0.3 is 5.97 Å². The van der Waals surface area contributed by atoms with Gasteiger partial charge in [-0.05, 0) is 42.8 Å². The van der Waals surface area contributed by atoms with Crippen LogP contribution in [-0.2, 0) is 26.0 Å². The van der Waals surface area contributed by atoms with Crippen molar-refractivity contribution in [1.29, 1.82) is 0 Å². The lowest BCUT2D eigenvalue weighted by Crippen LogP contribution is -2.31. The lowest BCUT2D eigenvalue weighted by atomic mass is 10.0. The van der Waals surface area contributed by atoms with E-state index in [1.54, 1.807) is 36.4 Å². The summed E-state index contributed by atoms with van der Waals surface area (Å²) in [6.45, 7) is 0.132.